The Morgan fingerprint density at radius 3 is 2.26 bits per heavy atom. The van der Waals surface area contributed by atoms with Gasteiger partial charge in [-0.25, -0.2) is 8.42 Å². The highest BCUT2D eigenvalue weighted by atomic mass is 35.5. The summed E-state index contributed by atoms with van der Waals surface area (Å²) in [5.41, 5.74) is 1.22. The van der Waals surface area contributed by atoms with Crippen LogP contribution in [-0.4, -0.2) is 26.6 Å². The summed E-state index contributed by atoms with van der Waals surface area (Å²) in [5.74, 6) is -0.384. The first kappa shape index (κ1) is 21.5. The van der Waals surface area contributed by atoms with Crippen LogP contribution in [0.3, 0.4) is 0 Å². The Labute approximate surface area is 170 Å². The van der Waals surface area contributed by atoms with Gasteiger partial charge >= 0.3 is 0 Å². The molecular weight excluding hydrogens is 407 g/mol. The van der Waals surface area contributed by atoms with E-state index in [0.29, 0.717) is 17.1 Å². The molecule has 5 nitrogen and oxygen atoms in total. The van der Waals surface area contributed by atoms with Crippen molar-refractivity contribution in [2.24, 2.45) is 0 Å². The standard InChI is InChI=1S/C19H22Cl2N2O3S/c1-4-18(19(24)22-13(2)14-8-6-5-7-9-14)23(27(3,25)26)15-10-11-16(20)17(21)12-15/h5-13,18H,4H2,1-3H3,(H,22,24). The van der Waals surface area contributed by atoms with E-state index in [4.69, 9.17) is 23.2 Å². The van der Waals surface area contributed by atoms with Crippen LogP contribution in [-0.2, 0) is 14.8 Å². The van der Waals surface area contributed by atoms with Gasteiger partial charge in [0.1, 0.15) is 6.04 Å². The Balaban J connectivity index is 2.34. The van der Waals surface area contributed by atoms with E-state index in [1.165, 1.54) is 18.2 Å². The molecule has 8 heteroatoms. The third-order valence-corrected chi connectivity index (χ3v) is 6.06. The van der Waals surface area contributed by atoms with Gasteiger partial charge < -0.3 is 5.32 Å². The molecule has 0 saturated heterocycles. The van der Waals surface area contributed by atoms with E-state index >= 15 is 0 Å². The minimum Gasteiger partial charge on any atom is -0.348 e. The number of anilines is 1. The monoisotopic (exact) mass is 428 g/mol. The lowest BCUT2D eigenvalue weighted by atomic mass is 10.1. The topological polar surface area (TPSA) is 66.5 Å². The fourth-order valence-electron chi connectivity index (χ4n) is 2.82. The number of amides is 1. The normalized spacial score (nSPS) is 13.7. The second kappa shape index (κ2) is 8.95. The molecule has 0 saturated carbocycles. The van der Waals surface area contributed by atoms with Gasteiger partial charge in [-0.2, -0.15) is 0 Å². The zero-order chi connectivity index (χ0) is 20.2. The summed E-state index contributed by atoms with van der Waals surface area (Å²) in [5, 5.41) is 3.42. The molecular formula is C19H22Cl2N2O3S. The molecule has 0 spiro atoms. The molecule has 0 radical (unpaired) electrons. The van der Waals surface area contributed by atoms with Crippen molar-refractivity contribution < 1.29 is 13.2 Å². The summed E-state index contributed by atoms with van der Waals surface area (Å²) in [6.07, 6.45) is 1.35. The van der Waals surface area contributed by atoms with Gasteiger partial charge in [0.2, 0.25) is 15.9 Å². The number of rotatable bonds is 7. The average Bonchev–Trinajstić information content (AvgIpc) is 2.61. The van der Waals surface area contributed by atoms with E-state index < -0.39 is 16.1 Å². The van der Waals surface area contributed by atoms with E-state index in [9.17, 15) is 13.2 Å². The molecule has 27 heavy (non-hydrogen) atoms. The Morgan fingerprint density at radius 1 is 1.11 bits per heavy atom. The summed E-state index contributed by atoms with van der Waals surface area (Å²) in [6.45, 7) is 3.61. The Kier molecular flexibility index (Phi) is 7.14. The van der Waals surface area contributed by atoms with Gasteiger partial charge in [0.15, 0.2) is 0 Å². The van der Waals surface area contributed by atoms with E-state index in [1.807, 2.05) is 37.3 Å². The molecule has 2 aromatic carbocycles. The highest BCUT2D eigenvalue weighted by molar-refractivity contribution is 7.92. The quantitative estimate of drug-likeness (QED) is 0.709. The van der Waals surface area contributed by atoms with Crippen LogP contribution in [0.4, 0.5) is 5.69 Å². The number of carbonyl (C=O) groups excluding carboxylic acids is 1. The lowest BCUT2D eigenvalue weighted by molar-refractivity contribution is -0.122. The largest absolute Gasteiger partial charge is 0.348 e. The van der Waals surface area contributed by atoms with Crippen molar-refractivity contribution in [1.82, 2.24) is 5.32 Å². The van der Waals surface area contributed by atoms with Crippen molar-refractivity contribution in [3.05, 3.63) is 64.1 Å². The maximum atomic E-state index is 12.9. The average molecular weight is 429 g/mol. The van der Waals surface area contributed by atoms with Gasteiger partial charge in [0.05, 0.1) is 28.0 Å². The van der Waals surface area contributed by atoms with Crippen molar-refractivity contribution in [2.45, 2.75) is 32.4 Å². The number of nitrogens with one attached hydrogen (secondary N) is 1. The van der Waals surface area contributed by atoms with Crippen LogP contribution in [0.1, 0.15) is 31.9 Å². The van der Waals surface area contributed by atoms with Gasteiger partial charge in [-0.1, -0.05) is 60.5 Å². The molecule has 0 fully saturated rings. The molecule has 0 heterocycles. The van der Waals surface area contributed by atoms with E-state index in [2.05, 4.69) is 5.32 Å². The van der Waals surface area contributed by atoms with Crippen LogP contribution in [0.15, 0.2) is 48.5 Å². The second-order valence-corrected chi connectivity index (χ2v) is 8.90. The van der Waals surface area contributed by atoms with Crippen LogP contribution in [0.2, 0.25) is 10.0 Å². The SMILES string of the molecule is CCC(C(=O)NC(C)c1ccccc1)N(c1ccc(Cl)c(Cl)c1)S(C)(=O)=O. The third-order valence-electron chi connectivity index (χ3n) is 4.15. The van der Waals surface area contributed by atoms with Crippen molar-refractivity contribution in [3.8, 4) is 0 Å². The van der Waals surface area contributed by atoms with Crippen molar-refractivity contribution >= 4 is 44.8 Å². The molecule has 0 aliphatic heterocycles. The number of carbonyl (C=O) groups is 1. The van der Waals surface area contributed by atoms with Crippen LogP contribution in [0.25, 0.3) is 0 Å². The minimum atomic E-state index is -3.73. The predicted molar refractivity (Wildman–Crippen MR) is 111 cm³/mol. The number of nitrogens with zero attached hydrogens (tertiary/aromatic N) is 1. The molecule has 0 aliphatic rings. The number of hydrogen-bond acceptors (Lipinski definition) is 3. The maximum Gasteiger partial charge on any atom is 0.244 e. The lowest BCUT2D eigenvalue weighted by Gasteiger charge is -2.31. The first-order chi connectivity index (χ1) is 12.6. The van der Waals surface area contributed by atoms with Gasteiger partial charge in [-0.3, -0.25) is 9.10 Å². The summed E-state index contributed by atoms with van der Waals surface area (Å²) >= 11 is 12.0. The molecule has 0 bridgehead atoms. The number of sulfonamides is 1. The molecule has 2 rings (SSSR count). The van der Waals surface area contributed by atoms with Crippen molar-refractivity contribution in [1.29, 1.82) is 0 Å². The van der Waals surface area contributed by atoms with Crippen molar-refractivity contribution in [3.63, 3.8) is 0 Å². The Morgan fingerprint density at radius 2 is 1.74 bits per heavy atom. The molecule has 2 unspecified atom stereocenters. The first-order valence-electron chi connectivity index (χ1n) is 8.45. The second-order valence-electron chi connectivity index (χ2n) is 6.22. The summed E-state index contributed by atoms with van der Waals surface area (Å²) in [7, 11) is -3.73. The minimum absolute atomic E-state index is 0.218. The maximum absolute atomic E-state index is 12.9. The van der Waals surface area contributed by atoms with E-state index in [0.717, 1.165) is 16.1 Å². The van der Waals surface area contributed by atoms with Crippen LogP contribution in [0.5, 0.6) is 0 Å². The lowest BCUT2D eigenvalue weighted by Crippen LogP contribution is -2.49. The van der Waals surface area contributed by atoms with E-state index in [-0.39, 0.29) is 17.0 Å². The fraction of sp³-hybridized carbons (Fsp3) is 0.316. The molecule has 0 aromatic heterocycles. The Hall–Kier alpha value is -1.76. The van der Waals surface area contributed by atoms with Gasteiger partial charge in [0.25, 0.3) is 0 Å². The molecule has 2 aromatic rings. The summed E-state index contributed by atoms with van der Waals surface area (Å²) in [4.78, 5) is 12.9. The molecule has 146 valence electrons. The number of halogens is 2. The van der Waals surface area contributed by atoms with Crippen LogP contribution in [0, 0.1) is 0 Å². The smallest absolute Gasteiger partial charge is 0.244 e. The predicted octanol–water partition coefficient (Wildman–Crippen LogP) is 4.42. The molecule has 0 aliphatic carbocycles. The molecule has 1 amide bonds. The third kappa shape index (κ3) is 5.37. The Bertz CT molecular complexity index is 904. The summed E-state index contributed by atoms with van der Waals surface area (Å²) in [6, 6.07) is 12.8. The molecule has 2 atom stereocenters. The van der Waals surface area contributed by atoms with Crippen molar-refractivity contribution in [2.75, 3.05) is 10.6 Å². The van der Waals surface area contributed by atoms with Gasteiger partial charge in [0, 0.05) is 0 Å². The first-order valence-corrected chi connectivity index (χ1v) is 11.0. The number of hydrogen-bond donors (Lipinski definition) is 1. The van der Waals surface area contributed by atoms with Crippen LogP contribution >= 0.6 is 23.2 Å². The molecule has 1 N–H and O–H groups in total. The number of benzene rings is 2. The van der Waals surface area contributed by atoms with Gasteiger partial charge in [-0.15, -0.1) is 0 Å². The highest BCUT2D eigenvalue weighted by Crippen LogP contribution is 2.30. The zero-order valence-corrected chi connectivity index (χ0v) is 17.6. The highest BCUT2D eigenvalue weighted by Gasteiger charge is 2.32. The van der Waals surface area contributed by atoms with E-state index in [1.54, 1.807) is 6.92 Å². The zero-order valence-electron chi connectivity index (χ0n) is 15.3. The van der Waals surface area contributed by atoms with Crippen LogP contribution < -0.4 is 9.62 Å². The van der Waals surface area contributed by atoms with Gasteiger partial charge in [-0.05, 0) is 37.1 Å². The summed E-state index contributed by atoms with van der Waals surface area (Å²) < 4.78 is 26.0. The fourth-order valence-corrected chi connectivity index (χ4v) is 4.31.